The van der Waals surface area contributed by atoms with Crippen molar-refractivity contribution in [3.8, 4) is 0 Å². The minimum Gasteiger partial charge on any atom is -0.349 e. The lowest BCUT2D eigenvalue weighted by atomic mass is 9.91. The Morgan fingerprint density at radius 2 is 1.92 bits per heavy atom. The van der Waals surface area contributed by atoms with Crippen LogP contribution < -0.4 is 0 Å². The summed E-state index contributed by atoms with van der Waals surface area (Å²) < 4.78 is 10.9. The highest BCUT2D eigenvalue weighted by atomic mass is 16.7. The molecule has 3 heteroatoms. The first-order chi connectivity index (χ1) is 6.40. The molecule has 0 aromatic heterocycles. The molecule has 0 atom stereocenters. The van der Waals surface area contributed by atoms with Crippen LogP contribution >= 0.6 is 0 Å². The van der Waals surface area contributed by atoms with Crippen molar-refractivity contribution >= 4 is 0 Å². The maximum atomic E-state index is 5.44. The van der Waals surface area contributed by atoms with Gasteiger partial charge in [-0.25, -0.2) is 0 Å². The molecule has 1 saturated heterocycles. The Morgan fingerprint density at radius 3 is 2.38 bits per heavy atom. The molecule has 0 bridgehead atoms. The van der Waals surface area contributed by atoms with Crippen LogP contribution in [0.5, 0.6) is 0 Å². The minimum absolute atomic E-state index is 0.0422. The van der Waals surface area contributed by atoms with Gasteiger partial charge in [0.05, 0.1) is 13.2 Å². The third-order valence-electron chi connectivity index (χ3n) is 3.07. The highest BCUT2D eigenvalue weighted by molar-refractivity contribution is 4.80. The molecule has 0 aromatic rings. The van der Waals surface area contributed by atoms with E-state index in [4.69, 9.17) is 9.47 Å². The van der Waals surface area contributed by atoms with Gasteiger partial charge in [-0.05, 0) is 19.4 Å². The van der Waals surface area contributed by atoms with Gasteiger partial charge in [-0.3, -0.25) is 4.90 Å². The summed E-state index contributed by atoms with van der Waals surface area (Å²) in [5.74, 6) is 0. The molecule has 0 unspecified atom stereocenters. The monoisotopic (exact) mass is 185 g/mol. The second-order valence-corrected chi connectivity index (χ2v) is 3.84. The van der Waals surface area contributed by atoms with Crippen LogP contribution in [0.15, 0.2) is 0 Å². The highest BCUT2D eigenvalue weighted by Crippen LogP contribution is 2.25. The molecular weight excluding hydrogens is 166 g/mol. The van der Waals surface area contributed by atoms with Crippen molar-refractivity contribution in [2.24, 2.45) is 0 Å². The van der Waals surface area contributed by atoms with Gasteiger partial charge in [0.1, 0.15) is 0 Å². The molecule has 3 nitrogen and oxygen atoms in total. The quantitative estimate of drug-likeness (QED) is 0.657. The average molecular weight is 185 g/mol. The van der Waals surface area contributed by atoms with Gasteiger partial charge in [0.25, 0.3) is 0 Å². The summed E-state index contributed by atoms with van der Waals surface area (Å²) in [6, 6.07) is 0.804. The summed E-state index contributed by atoms with van der Waals surface area (Å²) >= 11 is 0. The smallest absolute Gasteiger partial charge is 0.170 e. The molecular formula is C10H19NO2. The Bertz CT molecular complexity index is 153. The predicted molar refractivity (Wildman–Crippen MR) is 50.6 cm³/mol. The lowest BCUT2D eigenvalue weighted by molar-refractivity contribution is -0.0731. The van der Waals surface area contributed by atoms with E-state index < -0.39 is 0 Å². The summed E-state index contributed by atoms with van der Waals surface area (Å²) in [5.41, 5.74) is 0. The molecule has 76 valence electrons. The fourth-order valence-electron chi connectivity index (χ4n) is 1.99. The van der Waals surface area contributed by atoms with E-state index >= 15 is 0 Å². The summed E-state index contributed by atoms with van der Waals surface area (Å²) in [6.07, 6.45) is 4.16. The third kappa shape index (κ3) is 2.22. The van der Waals surface area contributed by atoms with E-state index in [0.29, 0.717) is 0 Å². The van der Waals surface area contributed by atoms with Crippen LogP contribution in [0.4, 0.5) is 0 Å². The Balaban J connectivity index is 1.75. The molecule has 0 amide bonds. The molecule has 0 spiro atoms. The highest BCUT2D eigenvalue weighted by Gasteiger charge is 2.27. The van der Waals surface area contributed by atoms with Crippen LogP contribution in [-0.2, 0) is 9.47 Å². The van der Waals surface area contributed by atoms with E-state index in [-0.39, 0.29) is 6.29 Å². The number of nitrogens with zero attached hydrogens (tertiary/aromatic N) is 1. The van der Waals surface area contributed by atoms with Gasteiger partial charge in [-0.1, -0.05) is 13.3 Å². The maximum Gasteiger partial charge on any atom is 0.170 e. The summed E-state index contributed by atoms with van der Waals surface area (Å²) in [4.78, 5) is 2.49. The summed E-state index contributed by atoms with van der Waals surface area (Å²) in [6.45, 7) is 5.84. The van der Waals surface area contributed by atoms with Crippen molar-refractivity contribution < 1.29 is 9.47 Å². The standard InChI is InChI=1S/C10H19NO2/c1-2-11(9-4-3-5-9)8-10-12-6-7-13-10/h9-10H,2-8H2,1H3. The molecule has 0 aromatic carbocycles. The first-order valence-corrected chi connectivity index (χ1v) is 5.37. The largest absolute Gasteiger partial charge is 0.349 e. The molecule has 1 aliphatic carbocycles. The fraction of sp³-hybridized carbons (Fsp3) is 1.00. The molecule has 2 aliphatic rings. The van der Waals surface area contributed by atoms with Crippen molar-refractivity contribution in [1.82, 2.24) is 4.90 Å². The van der Waals surface area contributed by atoms with E-state index in [1.54, 1.807) is 0 Å². The Labute approximate surface area is 80.0 Å². The molecule has 1 aliphatic heterocycles. The summed E-state index contributed by atoms with van der Waals surface area (Å²) in [5, 5.41) is 0. The van der Waals surface area contributed by atoms with Gasteiger partial charge in [0.2, 0.25) is 0 Å². The number of likely N-dealkylation sites (N-methyl/N-ethyl adjacent to an activating group) is 1. The minimum atomic E-state index is 0.0422. The number of rotatable bonds is 4. The summed E-state index contributed by atoms with van der Waals surface area (Å²) in [7, 11) is 0. The maximum absolute atomic E-state index is 5.44. The van der Waals surface area contributed by atoms with Crippen molar-refractivity contribution in [2.45, 2.75) is 38.5 Å². The van der Waals surface area contributed by atoms with Gasteiger partial charge in [0, 0.05) is 12.6 Å². The van der Waals surface area contributed by atoms with E-state index in [2.05, 4.69) is 11.8 Å². The van der Waals surface area contributed by atoms with Crippen LogP contribution in [0, 0.1) is 0 Å². The second-order valence-electron chi connectivity index (χ2n) is 3.84. The van der Waals surface area contributed by atoms with Gasteiger partial charge in [0.15, 0.2) is 6.29 Å². The van der Waals surface area contributed by atoms with Crippen LogP contribution in [0.2, 0.25) is 0 Å². The molecule has 1 saturated carbocycles. The lowest BCUT2D eigenvalue weighted by Gasteiger charge is -2.37. The molecule has 0 N–H and O–H groups in total. The zero-order chi connectivity index (χ0) is 9.10. The first kappa shape index (κ1) is 9.44. The van der Waals surface area contributed by atoms with Gasteiger partial charge >= 0.3 is 0 Å². The molecule has 1 heterocycles. The molecule has 2 fully saturated rings. The molecule has 2 rings (SSSR count). The molecule has 0 radical (unpaired) electrons. The normalized spacial score (nSPS) is 25.4. The predicted octanol–water partition coefficient (Wildman–Crippen LogP) is 1.23. The van der Waals surface area contributed by atoms with Gasteiger partial charge < -0.3 is 9.47 Å². The van der Waals surface area contributed by atoms with Crippen LogP contribution in [0.1, 0.15) is 26.2 Å². The van der Waals surface area contributed by atoms with Crippen molar-refractivity contribution in [1.29, 1.82) is 0 Å². The van der Waals surface area contributed by atoms with Crippen molar-refractivity contribution in [3.63, 3.8) is 0 Å². The van der Waals surface area contributed by atoms with E-state index in [0.717, 1.165) is 32.3 Å². The number of ether oxygens (including phenoxy) is 2. The zero-order valence-corrected chi connectivity index (χ0v) is 8.37. The Morgan fingerprint density at radius 1 is 1.23 bits per heavy atom. The van der Waals surface area contributed by atoms with E-state index in [9.17, 15) is 0 Å². The van der Waals surface area contributed by atoms with Crippen LogP contribution in [0.3, 0.4) is 0 Å². The van der Waals surface area contributed by atoms with E-state index in [1.807, 2.05) is 0 Å². The zero-order valence-electron chi connectivity index (χ0n) is 8.37. The van der Waals surface area contributed by atoms with Crippen molar-refractivity contribution in [2.75, 3.05) is 26.3 Å². The van der Waals surface area contributed by atoms with Gasteiger partial charge in [-0.15, -0.1) is 0 Å². The number of hydrogen-bond donors (Lipinski definition) is 0. The van der Waals surface area contributed by atoms with Crippen molar-refractivity contribution in [3.05, 3.63) is 0 Å². The Hall–Kier alpha value is -0.120. The van der Waals surface area contributed by atoms with E-state index in [1.165, 1.54) is 19.3 Å². The topological polar surface area (TPSA) is 21.7 Å². The van der Waals surface area contributed by atoms with Gasteiger partial charge in [-0.2, -0.15) is 0 Å². The lowest BCUT2D eigenvalue weighted by Crippen LogP contribution is -2.44. The number of hydrogen-bond acceptors (Lipinski definition) is 3. The Kier molecular flexibility index (Phi) is 3.19. The first-order valence-electron chi connectivity index (χ1n) is 5.37. The third-order valence-corrected chi connectivity index (χ3v) is 3.07. The van der Waals surface area contributed by atoms with Crippen LogP contribution in [-0.4, -0.2) is 43.5 Å². The average Bonchev–Trinajstić information content (AvgIpc) is 2.52. The SMILES string of the molecule is CCN(CC1OCCO1)C1CCC1. The fourth-order valence-corrected chi connectivity index (χ4v) is 1.99. The van der Waals surface area contributed by atoms with Crippen LogP contribution in [0.25, 0.3) is 0 Å². The second kappa shape index (κ2) is 4.40. The molecule has 13 heavy (non-hydrogen) atoms.